The number of hydrogen-bond donors (Lipinski definition) is 1. The topological polar surface area (TPSA) is 68.0 Å². The molecular formula is C15H14F3N3O2. The van der Waals surface area contributed by atoms with Gasteiger partial charge in [0.25, 0.3) is 0 Å². The lowest BCUT2D eigenvalue weighted by Crippen LogP contribution is -2.26. The SMILES string of the molecule is O=C(Cc1ccccc1C(F)(F)F)NCc1nc(C2CC2)no1. The quantitative estimate of drug-likeness (QED) is 0.918. The third-order valence-corrected chi connectivity index (χ3v) is 3.54. The first kappa shape index (κ1) is 15.5. The minimum absolute atomic E-state index is 0.00668. The van der Waals surface area contributed by atoms with Crippen LogP contribution in [0.2, 0.25) is 0 Å². The van der Waals surface area contributed by atoms with Gasteiger partial charge in [0.15, 0.2) is 5.82 Å². The molecule has 1 aliphatic carbocycles. The zero-order chi connectivity index (χ0) is 16.4. The van der Waals surface area contributed by atoms with E-state index in [0.717, 1.165) is 18.9 Å². The van der Waals surface area contributed by atoms with E-state index in [9.17, 15) is 18.0 Å². The highest BCUT2D eigenvalue weighted by atomic mass is 19.4. The Hall–Kier alpha value is -2.38. The smallest absolute Gasteiger partial charge is 0.347 e. The largest absolute Gasteiger partial charge is 0.416 e. The fourth-order valence-corrected chi connectivity index (χ4v) is 2.21. The van der Waals surface area contributed by atoms with Crippen molar-refractivity contribution in [1.82, 2.24) is 15.5 Å². The van der Waals surface area contributed by atoms with Crippen LogP contribution in [0.1, 0.15) is 41.6 Å². The van der Waals surface area contributed by atoms with Crippen molar-refractivity contribution in [3.8, 4) is 0 Å². The number of carbonyl (C=O) groups excluding carboxylic acids is 1. The molecule has 0 radical (unpaired) electrons. The highest BCUT2D eigenvalue weighted by molar-refractivity contribution is 5.78. The molecule has 0 saturated heterocycles. The van der Waals surface area contributed by atoms with E-state index in [-0.39, 0.29) is 24.4 Å². The summed E-state index contributed by atoms with van der Waals surface area (Å²) in [6.07, 6.45) is -2.79. The third kappa shape index (κ3) is 3.88. The van der Waals surface area contributed by atoms with Gasteiger partial charge in [-0.15, -0.1) is 0 Å². The summed E-state index contributed by atoms with van der Waals surface area (Å²) in [6, 6.07) is 5.02. The lowest BCUT2D eigenvalue weighted by molar-refractivity contribution is -0.138. The van der Waals surface area contributed by atoms with E-state index in [2.05, 4.69) is 15.5 Å². The Morgan fingerprint density at radius 3 is 2.74 bits per heavy atom. The second kappa shape index (κ2) is 6.02. The van der Waals surface area contributed by atoms with Gasteiger partial charge in [0.2, 0.25) is 11.8 Å². The van der Waals surface area contributed by atoms with E-state index in [1.807, 2.05) is 0 Å². The molecule has 1 heterocycles. The summed E-state index contributed by atoms with van der Waals surface area (Å²) in [5.41, 5.74) is -0.870. The first-order valence-electron chi connectivity index (χ1n) is 7.18. The van der Waals surface area contributed by atoms with Gasteiger partial charge in [-0.25, -0.2) is 0 Å². The number of halogens is 3. The second-order valence-electron chi connectivity index (χ2n) is 5.43. The molecule has 5 nitrogen and oxygen atoms in total. The van der Waals surface area contributed by atoms with Gasteiger partial charge in [0.05, 0.1) is 18.5 Å². The lowest BCUT2D eigenvalue weighted by atomic mass is 10.0. The van der Waals surface area contributed by atoms with Crippen molar-refractivity contribution >= 4 is 5.91 Å². The average molecular weight is 325 g/mol. The van der Waals surface area contributed by atoms with Crippen molar-refractivity contribution in [2.45, 2.75) is 37.9 Å². The number of benzene rings is 1. The van der Waals surface area contributed by atoms with Gasteiger partial charge in [-0.3, -0.25) is 4.79 Å². The maximum absolute atomic E-state index is 12.9. The van der Waals surface area contributed by atoms with Crippen LogP contribution in [0, 0.1) is 0 Å². The number of hydrogen-bond acceptors (Lipinski definition) is 4. The van der Waals surface area contributed by atoms with Crippen LogP contribution < -0.4 is 5.32 Å². The van der Waals surface area contributed by atoms with Crippen molar-refractivity contribution in [3.05, 3.63) is 47.1 Å². The molecule has 1 saturated carbocycles. The van der Waals surface area contributed by atoms with Crippen molar-refractivity contribution < 1.29 is 22.5 Å². The van der Waals surface area contributed by atoms with Crippen LogP contribution in [0.3, 0.4) is 0 Å². The van der Waals surface area contributed by atoms with Gasteiger partial charge in [-0.05, 0) is 24.5 Å². The van der Waals surface area contributed by atoms with Crippen LogP contribution in [0.4, 0.5) is 13.2 Å². The molecule has 2 aromatic rings. The Bertz CT molecular complexity index is 708. The minimum atomic E-state index is -4.48. The molecule has 1 aromatic carbocycles. The summed E-state index contributed by atoms with van der Waals surface area (Å²) in [5, 5.41) is 6.30. The zero-order valence-corrected chi connectivity index (χ0v) is 12.1. The van der Waals surface area contributed by atoms with E-state index in [1.54, 1.807) is 0 Å². The first-order valence-corrected chi connectivity index (χ1v) is 7.18. The minimum Gasteiger partial charge on any atom is -0.347 e. The molecule has 3 rings (SSSR count). The summed E-state index contributed by atoms with van der Waals surface area (Å²) in [5.74, 6) is 0.677. The monoisotopic (exact) mass is 325 g/mol. The summed E-state index contributed by atoms with van der Waals surface area (Å²) in [7, 11) is 0. The summed E-state index contributed by atoms with van der Waals surface area (Å²) in [4.78, 5) is 16.0. The van der Waals surface area contributed by atoms with Crippen molar-refractivity contribution in [1.29, 1.82) is 0 Å². The van der Waals surface area contributed by atoms with E-state index in [1.165, 1.54) is 18.2 Å². The first-order chi connectivity index (χ1) is 10.9. The van der Waals surface area contributed by atoms with E-state index < -0.39 is 17.6 Å². The lowest BCUT2D eigenvalue weighted by Gasteiger charge is -2.12. The van der Waals surface area contributed by atoms with Crippen LogP contribution in [-0.4, -0.2) is 16.0 Å². The van der Waals surface area contributed by atoms with Crippen molar-refractivity contribution in [2.75, 3.05) is 0 Å². The Labute approximate surface area is 129 Å². The molecule has 122 valence electrons. The molecule has 0 atom stereocenters. The number of nitrogens with zero attached hydrogens (tertiary/aromatic N) is 2. The number of carbonyl (C=O) groups is 1. The molecule has 0 spiro atoms. The van der Waals surface area contributed by atoms with Gasteiger partial charge in [0.1, 0.15) is 0 Å². The van der Waals surface area contributed by atoms with Gasteiger partial charge in [-0.1, -0.05) is 23.4 Å². The van der Waals surface area contributed by atoms with E-state index >= 15 is 0 Å². The highest BCUT2D eigenvalue weighted by Crippen LogP contribution is 2.38. The standard InChI is InChI=1S/C15H14F3N3O2/c16-15(17,18)11-4-2-1-3-10(11)7-12(22)19-8-13-20-14(21-23-13)9-5-6-9/h1-4,9H,5-8H2,(H,19,22). The Kier molecular flexibility index (Phi) is 4.06. The van der Waals surface area contributed by atoms with Gasteiger partial charge in [0, 0.05) is 5.92 Å². The zero-order valence-electron chi connectivity index (χ0n) is 12.1. The molecule has 0 aliphatic heterocycles. The molecule has 1 aliphatic rings. The van der Waals surface area contributed by atoms with Gasteiger partial charge < -0.3 is 9.84 Å². The Morgan fingerprint density at radius 2 is 2.04 bits per heavy atom. The van der Waals surface area contributed by atoms with Crippen molar-refractivity contribution in [2.24, 2.45) is 0 Å². The number of nitrogens with one attached hydrogen (secondary N) is 1. The van der Waals surface area contributed by atoms with Crippen LogP contribution in [0.25, 0.3) is 0 Å². The molecule has 1 amide bonds. The molecule has 1 fully saturated rings. The molecule has 1 aromatic heterocycles. The second-order valence-corrected chi connectivity index (χ2v) is 5.43. The Morgan fingerprint density at radius 1 is 1.30 bits per heavy atom. The third-order valence-electron chi connectivity index (χ3n) is 3.54. The Balaban J connectivity index is 1.59. The number of rotatable bonds is 5. The van der Waals surface area contributed by atoms with Gasteiger partial charge >= 0.3 is 6.18 Å². The molecule has 0 unspecified atom stereocenters. The average Bonchev–Trinajstić information content (AvgIpc) is 3.24. The maximum Gasteiger partial charge on any atom is 0.416 e. The molecule has 0 bridgehead atoms. The molecule has 1 N–H and O–H groups in total. The summed E-state index contributed by atoms with van der Waals surface area (Å²) >= 11 is 0. The number of alkyl halides is 3. The van der Waals surface area contributed by atoms with Crippen LogP contribution in [0.5, 0.6) is 0 Å². The highest BCUT2D eigenvalue weighted by Gasteiger charge is 2.33. The molecule has 23 heavy (non-hydrogen) atoms. The molecular weight excluding hydrogens is 311 g/mol. The predicted octanol–water partition coefficient (Wildman–Crippen LogP) is 2.82. The van der Waals surface area contributed by atoms with Crippen LogP contribution >= 0.6 is 0 Å². The molecule has 8 heteroatoms. The number of aromatic nitrogens is 2. The van der Waals surface area contributed by atoms with Crippen LogP contribution in [0.15, 0.2) is 28.8 Å². The summed E-state index contributed by atoms with van der Waals surface area (Å²) in [6.45, 7) is 0.00668. The fourth-order valence-electron chi connectivity index (χ4n) is 2.21. The van der Waals surface area contributed by atoms with Crippen LogP contribution in [-0.2, 0) is 23.9 Å². The normalized spacial score (nSPS) is 14.7. The maximum atomic E-state index is 12.9. The predicted molar refractivity (Wildman–Crippen MR) is 73.3 cm³/mol. The number of amides is 1. The summed E-state index contributed by atoms with van der Waals surface area (Å²) < 4.78 is 43.6. The van der Waals surface area contributed by atoms with Gasteiger partial charge in [-0.2, -0.15) is 18.2 Å². The van der Waals surface area contributed by atoms with E-state index in [0.29, 0.717) is 11.7 Å². The fraction of sp³-hybridized carbons (Fsp3) is 0.400. The van der Waals surface area contributed by atoms with Crippen molar-refractivity contribution in [3.63, 3.8) is 0 Å². The van der Waals surface area contributed by atoms with E-state index in [4.69, 9.17) is 4.52 Å².